The molecule has 1 aliphatic heterocycles. The van der Waals surface area contributed by atoms with Gasteiger partial charge in [0.15, 0.2) is 0 Å². The standard InChI is InChI=1S/C30H35FN2O5S/c1-30(2,3)38-29(35)33-26(16-17-27(33)28(34)23-13-8-14-24(31)18-23)22-12-9-15-25(19-22)32(39(4,36)37)20-21-10-6-5-7-11-21/h5-15,18-19,26-28,34H,16-17,20H2,1-4H3/t26-,27-,28+/m1/s1. The molecule has 0 unspecified atom stereocenters. The van der Waals surface area contributed by atoms with Crippen molar-refractivity contribution in [2.24, 2.45) is 0 Å². The van der Waals surface area contributed by atoms with Crippen LogP contribution in [0.4, 0.5) is 14.9 Å². The summed E-state index contributed by atoms with van der Waals surface area (Å²) in [5.74, 6) is -0.475. The van der Waals surface area contributed by atoms with E-state index in [0.717, 1.165) is 11.8 Å². The van der Waals surface area contributed by atoms with Crippen LogP contribution in [0.1, 0.15) is 62.4 Å². The molecule has 208 valence electrons. The van der Waals surface area contributed by atoms with Gasteiger partial charge in [0.2, 0.25) is 10.0 Å². The number of hydrogen-bond donors (Lipinski definition) is 1. The predicted molar refractivity (Wildman–Crippen MR) is 149 cm³/mol. The minimum absolute atomic E-state index is 0.157. The zero-order valence-corrected chi connectivity index (χ0v) is 23.4. The summed E-state index contributed by atoms with van der Waals surface area (Å²) in [6.07, 6.45) is 0.395. The number of sulfonamides is 1. The molecule has 3 aromatic rings. The molecular formula is C30H35FN2O5S. The summed E-state index contributed by atoms with van der Waals surface area (Å²) < 4.78 is 46.6. The normalized spacial score (nSPS) is 18.6. The number of aliphatic hydroxyl groups excluding tert-OH is 1. The van der Waals surface area contributed by atoms with Crippen molar-refractivity contribution in [1.29, 1.82) is 0 Å². The van der Waals surface area contributed by atoms with Crippen molar-refractivity contribution in [2.45, 2.75) is 63.9 Å². The van der Waals surface area contributed by atoms with Gasteiger partial charge >= 0.3 is 6.09 Å². The maximum atomic E-state index is 13.9. The minimum atomic E-state index is -3.62. The van der Waals surface area contributed by atoms with Gasteiger partial charge in [-0.15, -0.1) is 0 Å². The quantitative estimate of drug-likeness (QED) is 0.389. The van der Waals surface area contributed by atoms with Gasteiger partial charge in [0.1, 0.15) is 11.4 Å². The fraction of sp³-hybridized carbons (Fsp3) is 0.367. The lowest BCUT2D eigenvalue weighted by Gasteiger charge is -2.35. The van der Waals surface area contributed by atoms with E-state index in [9.17, 15) is 22.7 Å². The van der Waals surface area contributed by atoms with Crippen molar-refractivity contribution in [3.05, 3.63) is 101 Å². The van der Waals surface area contributed by atoms with Crippen LogP contribution in [0.2, 0.25) is 0 Å². The third-order valence-electron chi connectivity index (χ3n) is 6.70. The summed E-state index contributed by atoms with van der Waals surface area (Å²) in [6.45, 7) is 5.46. The van der Waals surface area contributed by atoms with Gasteiger partial charge in [-0.3, -0.25) is 9.21 Å². The minimum Gasteiger partial charge on any atom is -0.444 e. The van der Waals surface area contributed by atoms with E-state index in [4.69, 9.17) is 4.74 Å². The smallest absolute Gasteiger partial charge is 0.411 e. The highest BCUT2D eigenvalue weighted by Gasteiger charge is 2.44. The van der Waals surface area contributed by atoms with Crippen LogP contribution in [-0.4, -0.2) is 42.4 Å². The first-order valence-corrected chi connectivity index (χ1v) is 14.7. The number of anilines is 1. The number of benzene rings is 3. The van der Waals surface area contributed by atoms with Gasteiger partial charge in [0.05, 0.1) is 36.7 Å². The zero-order chi connectivity index (χ0) is 28.4. The molecule has 3 atom stereocenters. The molecular weight excluding hydrogens is 519 g/mol. The third kappa shape index (κ3) is 6.96. The molecule has 0 saturated carbocycles. The van der Waals surface area contributed by atoms with Crippen LogP contribution in [0.3, 0.4) is 0 Å². The van der Waals surface area contributed by atoms with Gasteiger partial charge in [-0.25, -0.2) is 17.6 Å². The first-order valence-electron chi connectivity index (χ1n) is 12.9. The molecule has 1 heterocycles. The summed E-state index contributed by atoms with van der Waals surface area (Å²) in [4.78, 5) is 15.0. The van der Waals surface area contributed by atoms with Gasteiger partial charge < -0.3 is 9.84 Å². The van der Waals surface area contributed by atoms with Crippen molar-refractivity contribution < 1.29 is 27.4 Å². The van der Waals surface area contributed by atoms with Gasteiger partial charge in [-0.2, -0.15) is 0 Å². The van der Waals surface area contributed by atoms with Crippen molar-refractivity contribution in [2.75, 3.05) is 10.6 Å². The van der Waals surface area contributed by atoms with Crippen LogP contribution >= 0.6 is 0 Å². The average Bonchev–Trinajstić information content (AvgIpc) is 3.31. The highest BCUT2D eigenvalue weighted by atomic mass is 32.2. The Balaban J connectivity index is 1.71. The number of carbonyl (C=O) groups is 1. The number of carbonyl (C=O) groups excluding carboxylic acids is 1. The molecule has 1 fully saturated rings. The average molecular weight is 555 g/mol. The van der Waals surface area contributed by atoms with E-state index in [1.165, 1.54) is 27.4 Å². The number of aliphatic hydroxyl groups is 1. The first kappa shape index (κ1) is 28.6. The number of amides is 1. The largest absolute Gasteiger partial charge is 0.444 e. The summed E-state index contributed by atoms with van der Waals surface area (Å²) in [5.41, 5.74) is 1.62. The van der Waals surface area contributed by atoms with Gasteiger partial charge in [-0.1, -0.05) is 54.6 Å². The summed E-state index contributed by atoms with van der Waals surface area (Å²) in [5, 5.41) is 11.2. The number of ether oxygens (including phenoxy) is 1. The van der Waals surface area contributed by atoms with Gasteiger partial charge in [-0.05, 0) is 74.6 Å². The maximum Gasteiger partial charge on any atom is 0.411 e. The zero-order valence-electron chi connectivity index (χ0n) is 22.6. The molecule has 4 rings (SSSR count). The number of likely N-dealkylation sites (tertiary alicyclic amines) is 1. The summed E-state index contributed by atoms with van der Waals surface area (Å²) in [7, 11) is -3.62. The molecule has 0 aliphatic carbocycles. The Morgan fingerprint density at radius 3 is 2.38 bits per heavy atom. The second-order valence-corrected chi connectivity index (χ2v) is 12.8. The molecule has 3 aromatic carbocycles. The van der Waals surface area contributed by atoms with E-state index in [1.54, 1.807) is 45.0 Å². The molecule has 1 amide bonds. The Morgan fingerprint density at radius 1 is 1.05 bits per heavy atom. The molecule has 7 nitrogen and oxygen atoms in total. The third-order valence-corrected chi connectivity index (χ3v) is 7.84. The molecule has 1 saturated heterocycles. The van der Waals surface area contributed by atoms with Gasteiger partial charge in [0.25, 0.3) is 0 Å². The van der Waals surface area contributed by atoms with E-state index in [2.05, 4.69) is 0 Å². The van der Waals surface area contributed by atoms with Crippen LogP contribution in [0.15, 0.2) is 78.9 Å². The lowest BCUT2D eigenvalue weighted by Crippen LogP contribution is -2.43. The second kappa shape index (κ2) is 11.4. The van der Waals surface area contributed by atoms with Crippen LogP contribution in [0.25, 0.3) is 0 Å². The molecule has 1 aliphatic rings. The summed E-state index contributed by atoms with van der Waals surface area (Å²) in [6, 6.07) is 21.0. The van der Waals surface area contributed by atoms with E-state index < -0.39 is 45.7 Å². The Morgan fingerprint density at radius 2 is 1.74 bits per heavy atom. The number of nitrogens with zero attached hydrogens (tertiary/aromatic N) is 2. The molecule has 9 heteroatoms. The van der Waals surface area contributed by atoms with Gasteiger partial charge in [0, 0.05) is 0 Å². The van der Waals surface area contributed by atoms with Crippen LogP contribution in [0.5, 0.6) is 0 Å². The Kier molecular flexibility index (Phi) is 8.32. The van der Waals surface area contributed by atoms with E-state index in [1.807, 2.05) is 36.4 Å². The topological polar surface area (TPSA) is 87.2 Å². The predicted octanol–water partition coefficient (Wildman–Crippen LogP) is 5.97. The van der Waals surface area contributed by atoms with E-state index >= 15 is 0 Å². The highest BCUT2D eigenvalue weighted by molar-refractivity contribution is 7.92. The monoisotopic (exact) mass is 554 g/mol. The summed E-state index contributed by atoms with van der Waals surface area (Å²) >= 11 is 0. The van der Waals surface area contributed by atoms with Crippen molar-refractivity contribution >= 4 is 21.8 Å². The molecule has 0 radical (unpaired) electrons. The molecule has 0 bridgehead atoms. The van der Waals surface area contributed by atoms with E-state index in [-0.39, 0.29) is 6.54 Å². The van der Waals surface area contributed by atoms with Crippen molar-refractivity contribution in [3.63, 3.8) is 0 Å². The fourth-order valence-electron chi connectivity index (χ4n) is 5.00. The lowest BCUT2D eigenvalue weighted by molar-refractivity contribution is -0.00494. The van der Waals surface area contributed by atoms with Crippen molar-refractivity contribution in [1.82, 2.24) is 4.90 Å². The Labute approximate surface area is 229 Å². The highest BCUT2D eigenvalue weighted by Crippen LogP contribution is 2.43. The fourth-order valence-corrected chi connectivity index (χ4v) is 5.88. The second-order valence-electron chi connectivity index (χ2n) is 10.9. The van der Waals surface area contributed by atoms with E-state index in [0.29, 0.717) is 29.7 Å². The van der Waals surface area contributed by atoms with Crippen LogP contribution < -0.4 is 4.31 Å². The molecule has 0 spiro atoms. The molecule has 1 N–H and O–H groups in total. The lowest BCUT2D eigenvalue weighted by atomic mass is 10.0. The van der Waals surface area contributed by atoms with Crippen molar-refractivity contribution in [3.8, 4) is 0 Å². The van der Waals surface area contributed by atoms with Crippen LogP contribution in [-0.2, 0) is 21.3 Å². The molecule has 39 heavy (non-hydrogen) atoms. The maximum absolute atomic E-state index is 13.9. The van der Waals surface area contributed by atoms with Crippen LogP contribution in [0, 0.1) is 5.82 Å². The number of hydrogen-bond acceptors (Lipinski definition) is 5. The SMILES string of the molecule is CC(C)(C)OC(=O)N1[C@@H](c2cccc(N(Cc3ccccc3)S(C)(=O)=O)c2)CC[C@@H]1[C@@H](O)c1cccc(F)c1. The Bertz CT molecular complexity index is 1410. The number of rotatable bonds is 7. The first-order chi connectivity index (χ1) is 18.3. The molecule has 0 aromatic heterocycles. The number of halogens is 1. The Hall–Kier alpha value is -3.43.